The van der Waals surface area contributed by atoms with Crippen LogP contribution < -0.4 is 0 Å². The third kappa shape index (κ3) is 21.9. The van der Waals surface area contributed by atoms with Gasteiger partial charge in [0.05, 0.1) is 62.1 Å². The highest BCUT2D eigenvalue weighted by atomic mass is 35.5. The van der Waals surface area contributed by atoms with Crippen LogP contribution in [0.15, 0.2) is 107 Å². The van der Waals surface area contributed by atoms with Crippen LogP contribution in [-0.4, -0.2) is 87.3 Å². The van der Waals surface area contributed by atoms with E-state index in [1.54, 1.807) is 24.3 Å². The Morgan fingerprint density at radius 1 is 0.410 bits per heavy atom. The zero-order chi connectivity index (χ0) is 45.4. The molecule has 8 nitrogen and oxygen atoms in total. The van der Waals surface area contributed by atoms with Gasteiger partial charge >= 0.3 is 0 Å². The lowest BCUT2D eigenvalue weighted by molar-refractivity contribution is -0.925. The highest BCUT2D eigenvalue weighted by Gasteiger charge is 2.23. The van der Waals surface area contributed by atoms with E-state index in [2.05, 4.69) is 52.0 Å². The molecule has 0 aromatic heterocycles. The summed E-state index contributed by atoms with van der Waals surface area (Å²) >= 11 is 12.1. The lowest BCUT2D eigenvalue weighted by atomic mass is 10.1. The van der Waals surface area contributed by atoms with Crippen LogP contribution >= 0.6 is 23.2 Å². The molecular weight excluding hydrogens is 848 g/mol. The van der Waals surface area contributed by atoms with Gasteiger partial charge in [0.15, 0.2) is 0 Å². The van der Waals surface area contributed by atoms with Gasteiger partial charge in [-0.25, -0.2) is 16.8 Å². The van der Waals surface area contributed by atoms with E-state index in [0.717, 1.165) is 21.2 Å². The molecule has 12 heteroatoms. The molecule has 0 atom stereocenters. The minimum Gasteiger partial charge on any atom is -0.744 e. The molecule has 0 radical (unpaired) electrons. The summed E-state index contributed by atoms with van der Waals surface area (Å²) in [6.07, 6.45) is 14.5. The fraction of sp³-hybridized carbons (Fsp3) is 0.510. The van der Waals surface area contributed by atoms with Gasteiger partial charge in [-0.3, -0.25) is 0 Å². The van der Waals surface area contributed by atoms with Crippen molar-refractivity contribution in [3.05, 3.63) is 129 Å². The van der Waals surface area contributed by atoms with Crippen LogP contribution in [0.25, 0.3) is 0 Å². The van der Waals surface area contributed by atoms with Crippen molar-refractivity contribution in [2.75, 3.05) is 52.4 Å². The molecule has 0 bridgehead atoms. The lowest BCUT2D eigenvalue weighted by Crippen LogP contribution is -2.49. The molecule has 0 amide bonds. The van der Waals surface area contributed by atoms with E-state index in [1.807, 2.05) is 38.1 Å². The molecule has 0 fully saturated rings. The number of benzene rings is 4. The first kappa shape index (κ1) is 54.3. The maximum absolute atomic E-state index is 10.4. The van der Waals surface area contributed by atoms with Crippen molar-refractivity contribution in [2.45, 2.75) is 122 Å². The summed E-state index contributed by atoms with van der Waals surface area (Å²) in [5.74, 6) is 0. The largest absolute Gasteiger partial charge is 0.744 e. The van der Waals surface area contributed by atoms with Gasteiger partial charge in [0.2, 0.25) is 0 Å². The van der Waals surface area contributed by atoms with Gasteiger partial charge in [0, 0.05) is 10.0 Å². The second-order valence-corrected chi connectivity index (χ2v) is 19.9. The predicted molar refractivity (Wildman–Crippen MR) is 252 cm³/mol. The Morgan fingerprint density at radius 2 is 0.672 bits per heavy atom. The Balaban J connectivity index is 0.000000467. The van der Waals surface area contributed by atoms with Crippen LogP contribution in [0.4, 0.5) is 0 Å². The van der Waals surface area contributed by atoms with Gasteiger partial charge in [-0.1, -0.05) is 89.3 Å². The quantitative estimate of drug-likeness (QED) is 0.0393. The Hall–Kier alpha value is -2.80. The molecule has 4 aromatic carbocycles. The second kappa shape index (κ2) is 28.1. The van der Waals surface area contributed by atoms with Crippen LogP contribution in [0, 0.1) is 13.8 Å². The monoisotopic (exact) mass is 918 g/mol. The predicted octanol–water partition coefficient (Wildman–Crippen LogP) is 11.8. The first-order chi connectivity index (χ1) is 28.9. The third-order valence-electron chi connectivity index (χ3n) is 12.1. The van der Waals surface area contributed by atoms with E-state index in [1.165, 1.54) is 167 Å². The molecule has 0 saturated carbocycles. The Bertz CT molecular complexity index is 1850. The van der Waals surface area contributed by atoms with E-state index in [0.29, 0.717) is 0 Å². The molecule has 0 aliphatic rings. The molecule has 4 rings (SSSR count). The van der Waals surface area contributed by atoms with Crippen LogP contribution in [-0.2, 0) is 33.1 Å². The van der Waals surface area contributed by atoms with Crippen molar-refractivity contribution in [3.8, 4) is 0 Å². The summed E-state index contributed by atoms with van der Waals surface area (Å²) in [7, 11) is -8.54. The van der Waals surface area contributed by atoms with Gasteiger partial charge in [-0.15, -0.1) is 0 Å². The summed E-state index contributed by atoms with van der Waals surface area (Å²) in [5.41, 5.74) is 4.68. The van der Waals surface area contributed by atoms with Crippen molar-refractivity contribution in [1.82, 2.24) is 0 Å². The van der Waals surface area contributed by atoms with Gasteiger partial charge in [-0.05, 0) is 165 Å². The van der Waals surface area contributed by atoms with E-state index >= 15 is 0 Å². The molecule has 0 spiro atoms. The van der Waals surface area contributed by atoms with Gasteiger partial charge in [0.1, 0.15) is 20.2 Å². The number of hydrogen-bond acceptors (Lipinski definition) is 6. The summed E-state index contributed by atoms with van der Waals surface area (Å²) in [6.45, 7) is 23.6. The lowest BCUT2D eigenvalue weighted by Gasteiger charge is -2.37. The highest BCUT2D eigenvalue weighted by molar-refractivity contribution is 7.86. The van der Waals surface area contributed by atoms with Crippen LogP contribution in [0.5, 0.6) is 0 Å². The molecule has 61 heavy (non-hydrogen) atoms. The zero-order valence-electron chi connectivity index (χ0n) is 37.6. The standard InChI is InChI=1S/C35H58Cl2N2.2C7H8O3S/c1-5-38(6-2,30-16-12-18-32-20-24-34(36)25-21-32)28-14-10-9-11-15-29-39(7-3,8-4)31-17-13-19-33-22-26-35(37)27-23-33;2*1-6-2-4-7(5-3-6)11(8,9)10/h20-27H,5-19,28-31H2,1-4H3;2*2-5H,1H3,(H,8,9,10)/q+2;;/p-2. The second-order valence-electron chi connectivity index (χ2n) is 16.3. The Kier molecular flexibility index (Phi) is 25.0. The van der Waals surface area contributed by atoms with E-state index in [-0.39, 0.29) is 9.79 Å². The average Bonchev–Trinajstić information content (AvgIpc) is 3.23. The number of halogens is 2. The Morgan fingerprint density at radius 3 is 0.934 bits per heavy atom. The number of hydrogen-bond donors (Lipinski definition) is 0. The minimum absolute atomic E-state index is 0.178. The summed E-state index contributed by atoms with van der Waals surface area (Å²) in [4.78, 5) is -0.355. The molecular formula is C49H72Cl2N2O6S2. The van der Waals surface area contributed by atoms with E-state index in [4.69, 9.17) is 23.2 Å². The van der Waals surface area contributed by atoms with Crippen LogP contribution in [0.3, 0.4) is 0 Å². The van der Waals surface area contributed by atoms with E-state index < -0.39 is 20.2 Å². The van der Waals surface area contributed by atoms with Gasteiger partial charge < -0.3 is 18.1 Å². The first-order valence-corrected chi connectivity index (χ1v) is 25.7. The summed E-state index contributed by atoms with van der Waals surface area (Å²) in [6, 6.07) is 28.3. The Labute approximate surface area is 380 Å². The van der Waals surface area contributed by atoms with Crippen molar-refractivity contribution < 1.29 is 34.9 Å². The van der Waals surface area contributed by atoms with Crippen LogP contribution in [0.1, 0.15) is 108 Å². The number of nitrogens with zero attached hydrogens (tertiary/aromatic N) is 2. The normalized spacial score (nSPS) is 12.0. The average molecular weight is 920 g/mol. The third-order valence-corrected chi connectivity index (χ3v) is 14.3. The van der Waals surface area contributed by atoms with E-state index in [9.17, 15) is 25.9 Å². The molecule has 0 unspecified atom stereocenters. The number of aryl methyl sites for hydroxylation is 4. The van der Waals surface area contributed by atoms with Crippen molar-refractivity contribution >= 4 is 43.4 Å². The fourth-order valence-corrected chi connectivity index (χ4v) is 8.82. The molecule has 4 aromatic rings. The number of rotatable bonds is 24. The molecule has 0 aliphatic carbocycles. The highest BCUT2D eigenvalue weighted by Crippen LogP contribution is 2.19. The SMILES string of the molecule is CC[N+](CC)(CCCCCCC[N+](CC)(CC)CCCCc1ccc(Cl)cc1)CCCCc1ccc(Cl)cc1.Cc1ccc(S(=O)(=O)[O-])cc1.Cc1ccc(S(=O)(=O)[O-])cc1. The van der Waals surface area contributed by atoms with Gasteiger partial charge in [0.25, 0.3) is 0 Å². The smallest absolute Gasteiger partial charge is 0.124 e. The molecule has 0 aliphatic heterocycles. The minimum atomic E-state index is -4.27. The molecule has 0 heterocycles. The number of quaternary nitrogens is 2. The molecule has 0 saturated heterocycles. The topological polar surface area (TPSA) is 114 Å². The van der Waals surface area contributed by atoms with Crippen LogP contribution in [0.2, 0.25) is 10.0 Å². The summed E-state index contributed by atoms with van der Waals surface area (Å²) in [5, 5.41) is 1.67. The first-order valence-electron chi connectivity index (χ1n) is 22.1. The molecule has 0 N–H and O–H groups in total. The van der Waals surface area contributed by atoms with Crippen molar-refractivity contribution in [3.63, 3.8) is 0 Å². The summed E-state index contributed by atoms with van der Waals surface area (Å²) < 4.78 is 64.9. The maximum atomic E-state index is 10.4. The maximum Gasteiger partial charge on any atom is 0.124 e. The zero-order valence-corrected chi connectivity index (χ0v) is 40.7. The molecule has 340 valence electrons. The van der Waals surface area contributed by atoms with Crippen molar-refractivity contribution in [1.29, 1.82) is 0 Å². The number of unbranched alkanes of at least 4 members (excludes halogenated alkanes) is 6. The fourth-order valence-electron chi connectivity index (χ4n) is 7.63. The van der Waals surface area contributed by atoms with Crippen molar-refractivity contribution in [2.24, 2.45) is 0 Å². The van der Waals surface area contributed by atoms with Gasteiger partial charge in [-0.2, -0.15) is 0 Å².